The first-order chi connectivity index (χ1) is 7.24. The molecule has 0 aromatic carbocycles. The summed E-state index contributed by atoms with van der Waals surface area (Å²) in [6.07, 6.45) is 5.85. The molecule has 1 N–H and O–H groups in total. The SMILES string of the molecule is CCCNC(CC(C)C)c1ncccn1. The molecule has 1 atom stereocenters. The Labute approximate surface area is 92.3 Å². The Bertz CT molecular complexity index is 259. The quantitative estimate of drug-likeness (QED) is 0.779. The zero-order valence-electron chi connectivity index (χ0n) is 9.90. The molecule has 0 bridgehead atoms. The van der Waals surface area contributed by atoms with E-state index in [1.54, 1.807) is 0 Å². The van der Waals surface area contributed by atoms with Crippen LogP contribution in [0, 0.1) is 5.92 Å². The lowest BCUT2D eigenvalue weighted by molar-refractivity contribution is 0.414. The normalized spacial score (nSPS) is 13.1. The van der Waals surface area contributed by atoms with E-state index in [0.29, 0.717) is 12.0 Å². The first kappa shape index (κ1) is 12.1. The average molecular weight is 207 g/mol. The van der Waals surface area contributed by atoms with Crippen molar-refractivity contribution in [3.05, 3.63) is 24.3 Å². The molecular formula is C12H21N3. The van der Waals surface area contributed by atoms with Gasteiger partial charge in [-0.25, -0.2) is 9.97 Å². The third-order valence-corrected chi connectivity index (χ3v) is 2.25. The minimum Gasteiger partial charge on any atom is -0.307 e. The van der Waals surface area contributed by atoms with Gasteiger partial charge in [0.2, 0.25) is 0 Å². The molecule has 1 aromatic heterocycles. The van der Waals surface area contributed by atoms with Gasteiger partial charge in [-0.3, -0.25) is 0 Å². The van der Waals surface area contributed by atoms with Crippen LogP contribution in [0.5, 0.6) is 0 Å². The van der Waals surface area contributed by atoms with Crippen LogP contribution in [0.15, 0.2) is 18.5 Å². The molecule has 0 radical (unpaired) electrons. The molecule has 0 fully saturated rings. The lowest BCUT2D eigenvalue weighted by Crippen LogP contribution is -2.25. The van der Waals surface area contributed by atoms with Crippen LogP contribution in [0.3, 0.4) is 0 Å². The van der Waals surface area contributed by atoms with Crippen molar-refractivity contribution in [2.75, 3.05) is 6.54 Å². The number of rotatable bonds is 6. The standard InChI is InChI=1S/C12H21N3/c1-4-6-13-11(9-10(2)3)12-14-7-5-8-15-12/h5,7-8,10-11,13H,4,6,9H2,1-3H3. The van der Waals surface area contributed by atoms with E-state index in [1.807, 2.05) is 18.5 Å². The molecule has 1 heterocycles. The Morgan fingerprint density at radius 2 is 1.93 bits per heavy atom. The molecular weight excluding hydrogens is 186 g/mol. The van der Waals surface area contributed by atoms with Crippen molar-refractivity contribution in [3.63, 3.8) is 0 Å². The smallest absolute Gasteiger partial charge is 0.145 e. The van der Waals surface area contributed by atoms with E-state index in [2.05, 4.69) is 36.1 Å². The van der Waals surface area contributed by atoms with Crippen LogP contribution < -0.4 is 5.32 Å². The molecule has 3 heteroatoms. The Morgan fingerprint density at radius 3 is 2.47 bits per heavy atom. The zero-order chi connectivity index (χ0) is 11.1. The van der Waals surface area contributed by atoms with Crippen molar-refractivity contribution in [3.8, 4) is 0 Å². The lowest BCUT2D eigenvalue weighted by atomic mass is 10.0. The zero-order valence-corrected chi connectivity index (χ0v) is 9.90. The lowest BCUT2D eigenvalue weighted by Gasteiger charge is -2.18. The highest BCUT2D eigenvalue weighted by Crippen LogP contribution is 2.17. The number of hydrogen-bond acceptors (Lipinski definition) is 3. The second-order valence-electron chi connectivity index (χ2n) is 4.24. The summed E-state index contributed by atoms with van der Waals surface area (Å²) in [6.45, 7) is 7.65. The molecule has 0 aliphatic heterocycles. The summed E-state index contributed by atoms with van der Waals surface area (Å²) in [6, 6.07) is 2.15. The Balaban J connectivity index is 2.63. The maximum atomic E-state index is 4.31. The summed E-state index contributed by atoms with van der Waals surface area (Å²) in [5.41, 5.74) is 0. The molecule has 1 rings (SSSR count). The highest BCUT2D eigenvalue weighted by Gasteiger charge is 2.14. The molecule has 1 unspecified atom stereocenters. The summed E-state index contributed by atoms with van der Waals surface area (Å²) in [7, 11) is 0. The van der Waals surface area contributed by atoms with E-state index in [9.17, 15) is 0 Å². The highest BCUT2D eigenvalue weighted by atomic mass is 15.0. The number of hydrogen-bond donors (Lipinski definition) is 1. The van der Waals surface area contributed by atoms with Crippen LogP contribution in [0.4, 0.5) is 0 Å². The predicted octanol–water partition coefficient (Wildman–Crippen LogP) is 2.56. The third-order valence-electron chi connectivity index (χ3n) is 2.25. The Morgan fingerprint density at radius 1 is 1.27 bits per heavy atom. The topological polar surface area (TPSA) is 37.8 Å². The number of nitrogens with zero attached hydrogens (tertiary/aromatic N) is 2. The van der Waals surface area contributed by atoms with Crippen molar-refractivity contribution >= 4 is 0 Å². The number of nitrogens with one attached hydrogen (secondary N) is 1. The van der Waals surface area contributed by atoms with Crippen LogP contribution >= 0.6 is 0 Å². The van der Waals surface area contributed by atoms with E-state index >= 15 is 0 Å². The minimum absolute atomic E-state index is 0.297. The van der Waals surface area contributed by atoms with Crippen molar-refractivity contribution < 1.29 is 0 Å². The van der Waals surface area contributed by atoms with Gasteiger partial charge in [0.05, 0.1) is 6.04 Å². The van der Waals surface area contributed by atoms with Gasteiger partial charge in [-0.15, -0.1) is 0 Å². The first-order valence-electron chi connectivity index (χ1n) is 5.74. The van der Waals surface area contributed by atoms with Crippen LogP contribution in [0.1, 0.15) is 45.5 Å². The van der Waals surface area contributed by atoms with Gasteiger partial charge in [0, 0.05) is 12.4 Å². The van der Waals surface area contributed by atoms with Crippen molar-refractivity contribution in [2.24, 2.45) is 5.92 Å². The molecule has 0 spiro atoms. The molecule has 0 saturated carbocycles. The van der Waals surface area contributed by atoms with Gasteiger partial charge >= 0.3 is 0 Å². The van der Waals surface area contributed by atoms with Gasteiger partial charge in [0.15, 0.2) is 0 Å². The molecule has 3 nitrogen and oxygen atoms in total. The minimum atomic E-state index is 0.297. The maximum Gasteiger partial charge on any atom is 0.145 e. The summed E-state index contributed by atoms with van der Waals surface area (Å²) in [5, 5.41) is 3.49. The second-order valence-corrected chi connectivity index (χ2v) is 4.24. The second kappa shape index (κ2) is 6.51. The first-order valence-corrected chi connectivity index (χ1v) is 5.74. The summed E-state index contributed by atoms with van der Waals surface area (Å²) in [5.74, 6) is 1.57. The van der Waals surface area contributed by atoms with Crippen molar-refractivity contribution in [1.82, 2.24) is 15.3 Å². The Kier molecular flexibility index (Phi) is 5.26. The molecule has 1 aromatic rings. The van der Waals surface area contributed by atoms with Crippen LogP contribution in [-0.4, -0.2) is 16.5 Å². The van der Waals surface area contributed by atoms with Gasteiger partial charge in [0.25, 0.3) is 0 Å². The molecule has 0 aliphatic rings. The predicted molar refractivity (Wildman–Crippen MR) is 62.5 cm³/mol. The molecule has 84 valence electrons. The molecule has 0 amide bonds. The fourth-order valence-electron chi connectivity index (χ4n) is 1.56. The van der Waals surface area contributed by atoms with E-state index in [-0.39, 0.29) is 0 Å². The number of aromatic nitrogens is 2. The van der Waals surface area contributed by atoms with E-state index in [4.69, 9.17) is 0 Å². The summed E-state index contributed by atoms with van der Waals surface area (Å²) >= 11 is 0. The summed E-state index contributed by atoms with van der Waals surface area (Å²) < 4.78 is 0. The van der Waals surface area contributed by atoms with Crippen molar-refractivity contribution in [1.29, 1.82) is 0 Å². The van der Waals surface area contributed by atoms with E-state index in [1.165, 1.54) is 0 Å². The van der Waals surface area contributed by atoms with Gasteiger partial charge in [-0.1, -0.05) is 20.8 Å². The van der Waals surface area contributed by atoms with Crippen LogP contribution in [0.25, 0.3) is 0 Å². The van der Waals surface area contributed by atoms with Gasteiger partial charge in [0.1, 0.15) is 5.82 Å². The largest absolute Gasteiger partial charge is 0.307 e. The molecule has 0 saturated heterocycles. The van der Waals surface area contributed by atoms with Crippen LogP contribution in [-0.2, 0) is 0 Å². The van der Waals surface area contributed by atoms with E-state index < -0.39 is 0 Å². The fourth-order valence-corrected chi connectivity index (χ4v) is 1.56. The van der Waals surface area contributed by atoms with Crippen LogP contribution in [0.2, 0.25) is 0 Å². The molecule has 0 aliphatic carbocycles. The van der Waals surface area contributed by atoms with E-state index in [0.717, 1.165) is 25.2 Å². The highest BCUT2D eigenvalue weighted by molar-refractivity contribution is 4.96. The van der Waals surface area contributed by atoms with Gasteiger partial charge in [-0.05, 0) is 31.4 Å². The molecule has 15 heavy (non-hydrogen) atoms. The Hall–Kier alpha value is -0.960. The third kappa shape index (κ3) is 4.38. The average Bonchev–Trinajstić information content (AvgIpc) is 2.25. The van der Waals surface area contributed by atoms with Gasteiger partial charge in [-0.2, -0.15) is 0 Å². The monoisotopic (exact) mass is 207 g/mol. The maximum absolute atomic E-state index is 4.31. The summed E-state index contributed by atoms with van der Waals surface area (Å²) in [4.78, 5) is 8.62. The van der Waals surface area contributed by atoms with Crippen molar-refractivity contribution in [2.45, 2.75) is 39.7 Å². The van der Waals surface area contributed by atoms with Gasteiger partial charge < -0.3 is 5.32 Å². The fraction of sp³-hybridized carbons (Fsp3) is 0.667.